The number of nitrogens with one attached hydrogen (secondary N) is 2. The lowest BCUT2D eigenvalue weighted by atomic mass is 10.3. The quantitative estimate of drug-likeness (QED) is 0.497. The number of methoxy groups -OCH3 is 1. The van der Waals surface area contributed by atoms with Gasteiger partial charge in [0.2, 0.25) is 0 Å². The predicted octanol–water partition coefficient (Wildman–Crippen LogP) is 0.955. The Labute approximate surface area is 127 Å². The van der Waals surface area contributed by atoms with Crippen molar-refractivity contribution in [3.63, 3.8) is 0 Å². The molecule has 0 saturated heterocycles. The fourth-order valence-electron chi connectivity index (χ4n) is 1.79. The third-order valence-electron chi connectivity index (χ3n) is 3.02. The molecule has 0 amide bonds. The van der Waals surface area contributed by atoms with Crippen molar-refractivity contribution in [1.82, 2.24) is 15.5 Å². The molecule has 2 N–H and O–H groups in total. The van der Waals surface area contributed by atoms with Gasteiger partial charge in [-0.1, -0.05) is 0 Å². The minimum Gasteiger partial charge on any atom is -0.469 e. The maximum Gasteiger partial charge on any atom is 0.191 e. The second-order valence-electron chi connectivity index (χ2n) is 4.81. The molecule has 0 atom stereocenters. The van der Waals surface area contributed by atoms with Crippen molar-refractivity contribution in [1.29, 1.82) is 0 Å². The molecule has 1 aromatic rings. The number of likely N-dealkylation sites (N-methyl/N-ethyl adjacent to an activating group) is 1. The van der Waals surface area contributed by atoms with Crippen molar-refractivity contribution in [2.45, 2.75) is 13.3 Å². The van der Waals surface area contributed by atoms with Gasteiger partial charge in [0.25, 0.3) is 0 Å². The van der Waals surface area contributed by atoms with Crippen LogP contribution in [0.3, 0.4) is 0 Å². The molecular weight excluding hydrogens is 268 g/mol. The van der Waals surface area contributed by atoms with Gasteiger partial charge in [0, 0.05) is 39.7 Å². The summed E-state index contributed by atoms with van der Waals surface area (Å²) < 4.78 is 10.4. The standard InChI is InChI=1S/C15H28N4O2/c1-4-16-15(17-8-7-14-6-5-12-21-14)18-9-10-19(2)11-13-20-3/h5-6,12H,4,7-11,13H2,1-3H3,(H2,16,17,18). The van der Waals surface area contributed by atoms with E-state index in [4.69, 9.17) is 9.15 Å². The maximum atomic E-state index is 5.31. The zero-order valence-corrected chi connectivity index (χ0v) is 13.4. The van der Waals surface area contributed by atoms with Crippen molar-refractivity contribution >= 4 is 5.96 Å². The summed E-state index contributed by atoms with van der Waals surface area (Å²) in [7, 11) is 3.80. The number of furan rings is 1. The molecule has 0 saturated carbocycles. The van der Waals surface area contributed by atoms with E-state index in [9.17, 15) is 0 Å². The highest BCUT2D eigenvalue weighted by Crippen LogP contribution is 1.99. The van der Waals surface area contributed by atoms with Gasteiger partial charge in [-0.25, -0.2) is 0 Å². The van der Waals surface area contributed by atoms with Crippen LogP contribution in [0.5, 0.6) is 0 Å². The summed E-state index contributed by atoms with van der Waals surface area (Å²) in [6.07, 6.45) is 2.55. The highest BCUT2D eigenvalue weighted by molar-refractivity contribution is 5.79. The highest BCUT2D eigenvalue weighted by Gasteiger charge is 2.00. The third kappa shape index (κ3) is 8.37. The Kier molecular flexibility index (Phi) is 9.32. The van der Waals surface area contributed by atoms with Crippen LogP contribution >= 0.6 is 0 Å². The summed E-state index contributed by atoms with van der Waals surface area (Å²) in [5, 5.41) is 6.56. The minimum absolute atomic E-state index is 0.752. The fourth-order valence-corrected chi connectivity index (χ4v) is 1.79. The van der Waals surface area contributed by atoms with E-state index in [1.165, 1.54) is 0 Å². The number of guanidine groups is 1. The van der Waals surface area contributed by atoms with Crippen LogP contribution < -0.4 is 10.6 Å². The fraction of sp³-hybridized carbons (Fsp3) is 0.667. The number of ether oxygens (including phenoxy) is 1. The van der Waals surface area contributed by atoms with E-state index < -0.39 is 0 Å². The van der Waals surface area contributed by atoms with Gasteiger partial charge >= 0.3 is 0 Å². The van der Waals surface area contributed by atoms with Gasteiger partial charge in [0.15, 0.2) is 5.96 Å². The Bertz CT molecular complexity index is 379. The molecule has 120 valence electrons. The molecule has 0 aromatic carbocycles. The Morgan fingerprint density at radius 3 is 2.90 bits per heavy atom. The lowest BCUT2D eigenvalue weighted by Gasteiger charge is -2.15. The van der Waals surface area contributed by atoms with Crippen LogP contribution in [0.1, 0.15) is 12.7 Å². The summed E-state index contributed by atoms with van der Waals surface area (Å²) >= 11 is 0. The number of hydrogen-bond donors (Lipinski definition) is 2. The molecule has 0 bridgehead atoms. The smallest absolute Gasteiger partial charge is 0.191 e. The molecular formula is C15H28N4O2. The molecule has 0 radical (unpaired) electrons. The lowest BCUT2D eigenvalue weighted by Crippen LogP contribution is -2.39. The summed E-state index contributed by atoms with van der Waals surface area (Å²) in [5.74, 6) is 1.84. The summed E-state index contributed by atoms with van der Waals surface area (Å²) in [6.45, 7) is 7.07. The second-order valence-corrected chi connectivity index (χ2v) is 4.81. The molecule has 0 aliphatic heterocycles. The average molecular weight is 296 g/mol. The molecule has 0 fully saturated rings. The largest absolute Gasteiger partial charge is 0.469 e. The first-order valence-corrected chi connectivity index (χ1v) is 7.48. The molecule has 0 spiro atoms. The molecule has 6 nitrogen and oxygen atoms in total. The molecule has 0 unspecified atom stereocenters. The van der Waals surface area contributed by atoms with Crippen LogP contribution in [0.4, 0.5) is 0 Å². The van der Waals surface area contributed by atoms with E-state index in [1.54, 1.807) is 13.4 Å². The van der Waals surface area contributed by atoms with E-state index in [0.717, 1.165) is 57.5 Å². The van der Waals surface area contributed by atoms with Crippen molar-refractivity contribution in [2.75, 3.05) is 53.5 Å². The molecule has 1 rings (SSSR count). The van der Waals surface area contributed by atoms with Gasteiger partial charge in [-0.3, -0.25) is 4.99 Å². The second kappa shape index (κ2) is 11.2. The van der Waals surface area contributed by atoms with Crippen molar-refractivity contribution in [3.05, 3.63) is 24.2 Å². The Balaban J connectivity index is 2.25. The van der Waals surface area contributed by atoms with Crippen LogP contribution in [0, 0.1) is 0 Å². The van der Waals surface area contributed by atoms with Crippen LogP contribution in [-0.4, -0.2) is 64.3 Å². The third-order valence-corrected chi connectivity index (χ3v) is 3.02. The average Bonchev–Trinajstić information content (AvgIpc) is 2.98. The van der Waals surface area contributed by atoms with Gasteiger partial charge in [-0.15, -0.1) is 0 Å². The van der Waals surface area contributed by atoms with Crippen molar-refractivity contribution in [2.24, 2.45) is 4.99 Å². The normalized spacial score (nSPS) is 11.9. The van der Waals surface area contributed by atoms with Crippen LogP contribution in [0.25, 0.3) is 0 Å². The van der Waals surface area contributed by atoms with Gasteiger partial charge in [-0.2, -0.15) is 0 Å². The first kappa shape index (κ1) is 17.5. The first-order chi connectivity index (χ1) is 10.3. The van der Waals surface area contributed by atoms with Gasteiger partial charge in [-0.05, 0) is 26.1 Å². The Morgan fingerprint density at radius 1 is 1.38 bits per heavy atom. The van der Waals surface area contributed by atoms with Gasteiger partial charge in [0.1, 0.15) is 5.76 Å². The number of aliphatic imine (C=N–C) groups is 1. The van der Waals surface area contributed by atoms with E-state index in [0.29, 0.717) is 0 Å². The molecule has 21 heavy (non-hydrogen) atoms. The van der Waals surface area contributed by atoms with Crippen molar-refractivity contribution < 1.29 is 9.15 Å². The van der Waals surface area contributed by atoms with E-state index in [1.807, 2.05) is 12.1 Å². The SMILES string of the molecule is CCNC(=NCCN(C)CCOC)NCCc1ccco1. The van der Waals surface area contributed by atoms with Crippen LogP contribution in [0.2, 0.25) is 0 Å². The van der Waals surface area contributed by atoms with Gasteiger partial charge in [0.05, 0.1) is 19.4 Å². The lowest BCUT2D eigenvalue weighted by molar-refractivity contribution is 0.163. The zero-order valence-electron chi connectivity index (χ0n) is 13.4. The number of hydrogen-bond acceptors (Lipinski definition) is 4. The monoisotopic (exact) mass is 296 g/mol. The van der Waals surface area contributed by atoms with E-state index in [-0.39, 0.29) is 0 Å². The summed E-state index contributed by atoms with van der Waals surface area (Å²) in [4.78, 5) is 6.77. The number of nitrogens with zero attached hydrogens (tertiary/aromatic N) is 2. The molecule has 1 aromatic heterocycles. The highest BCUT2D eigenvalue weighted by atomic mass is 16.5. The number of rotatable bonds is 10. The molecule has 1 heterocycles. The predicted molar refractivity (Wildman–Crippen MR) is 85.8 cm³/mol. The molecule has 0 aliphatic carbocycles. The zero-order chi connectivity index (χ0) is 15.3. The summed E-state index contributed by atoms with van der Waals surface area (Å²) in [6, 6.07) is 3.89. The first-order valence-electron chi connectivity index (χ1n) is 7.48. The van der Waals surface area contributed by atoms with E-state index in [2.05, 4.69) is 34.5 Å². The Morgan fingerprint density at radius 2 is 2.24 bits per heavy atom. The molecule has 0 aliphatic rings. The van der Waals surface area contributed by atoms with Crippen LogP contribution in [-0.2, 0) is 11.2 Å². The van der Waals surface area contributed by atoms with Crippen molar-refractivity contribution in [3.8, 4) is 0 Å². The topological polar surface area (TPSA) is 62.0 Å². The summed E-state index contributed by atoms with van der Waals surface area (Å²) in [5.41, 5.74) is 0. The van der Waals surface area contributed by atoms with E-state index >= 15 is 0 Å². The maximum absolute atomic E-state index is 5.31. The minimum atomic E-state index is 0.752. The molecule has 6 heteroatoms. The van der Waals surface area contributed by atoms with Crippen LogP contribution in [0.15, 0.2) is 27.8 Å². The Hall–Kier alpha value is -1.53. The van der Waals surface area contributed by atoms with Gasteiger partial charge < -0.3 is 24.7 Å².